The highest BCUT2D eigenvalue weighted by atomic mass is 32.2. The molecule has 0 aromatic heterocycles. The summed E-state index contributed by atoms with van der Waals surface area (Å²) in [6.07, 6.45) is -1.54. The zero-order valence-electron chi connectivity index (χ0n) is 11.5. The van der Waals surface area contributed by atoms with E-state index in [4.69, 9.17) is 4.18 Å². The van der Waals surface area contributed by atoms with Crippen LogP contribution in [0.2, 0.25) is 0 Å². The van der Waals surface area contributed by atoms with Crippen LogP contribution in [-0.2, 0) is 20.0 Å². The van der Waals surface area contributed by atoms with Crippen LogP contribution < -0.4 is 0 Å². The van der Waals surface area contributed by atoms with E-state index in [9.17, 15) is 18.3 Å². The second kappa shape index (κ2) is 4.46. The monoisotopic (exact) mass is 299 g/mol. The summed E-state index contributed by atoms with van der Waals surface area (Å²) in [5.74, 6) is 0. The second-order valence-corrected chi connectivity index (χ2v) is 7.20. The average Bonchev–Trinajstić information content (AvgIpc) is 2.62. The highest BCUT2D eigenvalue weighted by molar-refractivity contribution is 7.85. The molecule has 1 aliphatic rings. The predicted molar refractivity (Wildman–Crippen MR) is 72.3 cm³/mol. The molecule has 1 heterocycles. The van der Waals surface area contributed by atoms with Crippen molar-refractivity contribution in [1.82, 2.24) is 4.31 Å². The number of carbonyl (C=O) groups is 1. The normalized spacial score (nSPS) is 25.6. The van der Waals surface area contributed by atoms with E-state index in [1.54, 1.807) is 51.1 Å². The smallest absolute Gasteiger partial charge is 0.423 e. The van der Waals surface area contributed by atoms with Crippen LogP contribution in [0.4, 0.5) is 4.79 Å². The minimum Gasteiger partial charge on any atom is -0.464 e. The number of rotatable bonds is 1. The van der Waals surface area contributed by atoms with Crippen LogP contribution in [0.15, 0.2) is 30.3 Å². The molecule has 6 nitrogen and oxygen atoms in total. The number of nitrogens with zero attached hydrogens (tertiary/aromatic N) is 1. The summed E-state index contributed by atoms with van der Waals surface area (Å²) in [6.45, 7) is 5.15. The summed E-state index contributed by atoms with van der Waals surface area (Å²) < 4.78 is 29.2. The van der Waals surface area contributed by atoms with Crippen LogP contribution in [0.5, 0.6) is 0 Å². The Labute approximate surface area is 118 Å². The van der Waals surface area contributed by atoms with Gasteiger partial charge >= 0.3 is 16.4 Å². The third kappa shape index (κ3) is 1.97. The Bertz CT molecular complexity index is 620. The molecule has 1 atom stereocenters. The van der Waals surface area contributed by atoms with Crippen LogP contribution in [0, 0.1) is 5.41 Å². The number of carboxylic acid groups (broad SMARTS) is 1. The van der Waals surface area contributed by atoms with E-state index < -0.39 is 27.4 Å². The molecule has 1 saturated heterocycles. The van der Waals surface area contributed by atoms with Crippen molar-refractivity contribution in [3.05, 3.63) is 35.9 Å². The number of hydrogen-bond donors (Lipinski definition) is 1. The standard InChI is InChI=1S/C13H17NO5S/c1-12(2,3)13(10-7-5-4-6-8-10)9-19-20(17,18)14(13)11(15)16/h4-8H,9H2,1-3H3,(H,15,16)/t13-/m0/s1. The van der Waals surface area contributed by atoms with Gasteiger partial charge in [-0.2, -0.15) is 12.7 Å². The van der Waals surface area contributed by atoms with Gasteiger partial charge in [0.1, 0.15) is 5.54 Å². The molecule has 1 N–H and O–H groups in total. The highest BCUT2D eigenvalue weighted by Crippen LogP contribution is 2.49. The molecule has 0 unspecified atom stereocenters. The maximum atomic E-state index is 12.0. The van der Waals surface area contributed by atoms with E-state index in [2.05, 4.69) is 0 Å². The molecule has 1 amide bonds. The van der Waals surface area contributed by atoms with Gasteiger partial charge in [0.2, 0.25) is 0 Å². The Morgan fingerprint density at radius 3 is 2.30 bits per heavy atom. The predicted octanol–water partition coefficient (Wildman–Crippen LogP) is 2.18. The van der Waals surface area contributed by atoms with Crippen molar-refractivity contribution in [3.8, 4) is 0 Å². The van der Waals surface area contributed by atoms with Gasteiger partial charge in [0.25, 0.3) is 0 Å². The zero-order chi connectivity index (χ0) is 15.2. The first-order chi connectivity index (χ1) is 9.13. The lowest BCUT2D eigenvalue weighted by Crippen LogP contribution is -2.55. The Hall–Kier alpha value is -1.60. The molecule has 1 aromatic carbocycles. The Balaban J connectivity index is 2.76. The SMILES string of the molecule is CC(C)(C)[C@@]1(c2ccccc2)COS(=O)(=O)N1C(=O)O. The van der Waals surface area contributed by atoms with E-state index in [-0.39, 0.29) is 6.61 Å². The minimum absolute atomic E-state index is 0.227. The Kier molecular flexibility index (Phi) is 3.30. The topological polar surface area (TPSA) is 83.9 Å². The first-order valence-corrected chi connectivity index (χ1v) is 7.48. The summed E-state index contributed by atoms with van der Waals surface area (Å²) in [7, 11) is -4.29. The van der Waals surface area contributed by atoms with Gasteiger partial charge < -0.3 is 5.11 Å². The second-order valence-electron chi connectivity index (χ2n) is 5.74. The lowest BCUT2D eigenvalue weighted by atomic mass is 9.70. The molecule has 0 bridgehead atoms. The van der Waals surface area contributed by atoms with Crippen molar-refractivity contribution in [3.63, 3.8) is 0 Å². The zero-order valence-corrected chi connectivity index (χ0v) is 12.3. The van der Waals surface area contributed by atoms with E-state index >= 15 is 0 Å². The van der Waals surface area contributed by atoms with Gasteiger partial charge in [-0.25, -0.2) is 4.79 Å². The fraction of sp³-hybridized carbons (Fsp3) is 0.462. The molecule has 0 spiro atoms. The van der Waals surface area contributed by atoms with Gasteiger partial charge in [-0.05, 0) is 11.0 Å². The van der Waals surface area contributed by atoms with E-state index in [1.165, 1.54) is 0 Å². The Morgan fingerprint density at radius 1 is 1.30 bits per heavy atom. The number of benzene rings is 1. The fourth-order valence-electron chi connectivity index (χ4n) is 2.59. The molecule has 110 valence electrons. The first-order valence-electron chi connectivity index (χ1n) is 6.11. The molecule has 7 heteroatoms. The molecule has 1 fully saturated rings. The fourth-order valence-corrected chi connectivity index (χ4v) is 4.02. The maximum Gasteiger partial charge on any atom is 0.423 e. The molecule has 0 radical (unpaired) electrons. The van der Waals surface area contributed by atoms with Crippen molar-refractivity contribution in [1.29, 1.82) is 0 Å². The van der Waals surface area contributed by atoms with Crippen molar-refractivity contribution in [2.24, 2.45) is 5.41 Å². The number of amides is 1. The van der Waals surface area contributed by atoms with Crippen LogP contribution in [0.1, 0.15) is 26.3 Å². The van der Waals surface area contributed by atoms with Gasteiger partial charge in [0.05, 0.1) is 6.61 Å². The van der Waals surface area contributed by atoms with E-state index in [0.29, 0.717) is 9.87 Å². The minimum atomic E-state index is -4.29. The van der Waals surface area contributed by atoms with Gasteiger partial charge in [0.15, 0.2) is 0 Å². The molecule has 1 aliphatic heterocycles. The van der Waals surface area contributed by atoms with Gasteiger partial charge in [0, 0.05) is 0 Å². The summed E-state index contributed by atoms with van der Waals surface area (Å²) in [5, 5.41) is 9.38. The average molecular weight is 299 g/mol. The maximum absolute atomic E-state index is 12.0. The largest absolute Gasteiger partial charge is 0.464 e. The molecular formula is C13H17NO5S. The van der Waals surface area contributed by atoms with Crippen molar-refractivity contribution >= 4 is 16.4 Å². The first kappa shape index (κ1) is 14.8. The van der Waals surface area contributed by atoms with Gasteiger partial charge in [-0.1, -0.05) is 51.1 Å². The van der Waals surface area contributed by atoms with Gasteiger partial charge in [-0.15, -0.1) is 0 Å². The third-order valence-corrected chi connectivity index (χ3v) is 4.98. The summed E-state index contributed by atoms with van der Waals surface area (Å²) in [5.41, 5.74) is -1.36. The van der Waals surface area contributed by atoms with E-state index in [0.717, 1.165) is 0 Å². The van der Waals surface area contributed by atoms with Crippen LogP contribution >= 0.6 is 0 Å². The van der Waals surface area contributed by atoms with Crippen molar-refractivity contribution < 1.29 is 22.5 Å². The molecule has 0 aliphatic carbocycles. The molecule has 1 aromatic rings. The molecule has 2 rings (SSSR count). The van der Waals surface area contributed by atoms with Crippen LogP contribution in [0.3, 0.4) is 0 Å². The van der Waals surface area contributed by atoms with Crippen molar-refractivity contribution in [2.45, 2.75) is 26.3 Å². The van der Waals surface area contributed by atoms with Crippen LogP contribution in [0.25, 0.3) is 0 Å². The van der Waals surface area contributed by atoms with E-state index in [1.807, 2.05) is 0 Å². The summed E-state index contributed by atoms with van der Waals surface area (Å²) >= 11 is 0. The molecular weight excluding hydrogens is 282 g/mol. The molecule has 0 saturated carbocycles. The quantitative estimate of drug-likeness (QED) is 0.859. The molecule has 20 heavy (non-hydrogen) atoms. The number of hydrogen-bond acceptors (Lipinski definition) is 4. The summed E-state index contributed by atoms with van der Waals surface area (Å²) in [4.78, 5) is 11.5. The Morgan fingerprint density at radius 2 is 1.85 bits per heavy atom. The van der Waals surface area contributed by atoms with Crippen LogP contribution in [-0.4, -0.2) is 30.5 Å². The van der Waals surface area contributed by atoms with Gasteiger partial charge in [-0.3, -0.25) is 4.18 Å². The summed E-state index contributed by atoms with van der Waals surface area (Å²) in [6, 6.07) is 8.70. The third-order valence-electron chi connectivity index (χ3n) is 3.65. The highest BCUT2D eigenvalue weighted by Gasteiger charge is 2.61. The lowest BCUT2D eigenvalue weighted by molar-refractivity contribution is 0.0505. The lowest BCUT2D eigenvalue weighted by Gasteiger charge is -2.43. The van der Waals surface area contributed by atoms with Crippen molar-refractivity contribution in [2.75, 3.05) is 6.61 Å².